The summed E-state index contributed by atoms with van der Waals surface area (Å²) < 4.78 is 11.9. The van der Waals surface area contributed by atoms with Gasteiger partial charge in [-0.05, 0) is 35.7 Å². The van der Waals surface area contributed by atoms with Gasteiger partial charge in [-0.25, -0.2) is 4.98 Å². The third-order valence-electron chi connectivity index (χ3n) is 4.67. The van der Waals surface area contributed by atoms with Gasteiger partial charge in [0.2, 0.25) is 0 Å². The summed E-state index contributed by atoms with van der Waals surface area (Å²) in [5.41, 5.74) is 4.49. The molecule has 26 heavy (non-hydrogen) atoms. The van der Waals surface area contributed by atoms with Crippen LogP contribution in [-0.4, -0.2) is 16.6 Å². The van der Waals surface area contributed by atoms with Crippen LogP contribution in [0.4, 0.5) is 0 Å². The van der Waals surface area contributed by atoms with Crippen LogP contribution in [0.25, 0.3) is 11.0 Å². The second kappa shape index (κ2) is 6.23. The second-order valence-electron chi connectivity index (χ2n) is 6.46. The Morgan fingerprint density at radius 2 is 1.69 bits per heavy atom. The van der Waals surface area contributed by atoms with Crippen molar-refractivity contribution in [3.05, 3.63) is 89.7 Å². The van der Waals surface area contributed by atoms with E-state index in [2.05, 4.69) is 47.4 Å². The fraction of sp³-hybridized carbons (Fsp3) is 0.136. The molecule has 4 aromatic rings. The van der Waals surface area contributed by atoms with Crippen molar-refractivity contribution in [2.45, 2.75) is 12.5 Å². The standard InChI is InChI=1S/C22H18N2O2/c1-2-7-15(8-3-1)13-16-9-6-10-17-21(16)24-22(23-17)20-14-25-18-11-4-5-12-19(18)26-20/h1-12,20H,13-14H2,(H,23,24). The third kappa shape index (κ3) is 2.69. The van der Waals surface area contributed by atoms with Crippen LogP contribution in [0.15, 0.2) is 72.8 Å². The number of aromatic amines is 1. The molecule has 4 heteroatoms. The molecule has 0 radical (unpaired) electrons. The number of rotatable bonds is 3. The lowest BCUT2D eigenvalue weighted by Crippen LogP contribution is -2.22. The molecule has 0 aliphatic carbocycles. The molecular weight excluding hydrogens is 324 g/mol. The molecule has 0 fully saturated rings. The molecule has 128 valence electrons. The number of imidazole rings is 1. The molecular formula is C22H18N2O2. The highest BCUT2D eigenvalue weighted by atomic mass is 16.6. The van der Waals surface area contributed by atoms with Crippen molar-refractivity contribution in [3.63, 3.8) is 0 Å². The van der Waals surface area contributed by atoms with Crippen LogP contribution in [0, 0.1) is 0 Å². The number of H-pyrrole nitrogens is 1. The lowest BCUT2D eigenvalue weighted by molar-refractivity contribution is 0.0859. The molecule has 1 atom stereocenters. The molecule has 3 aromatic carbocycles. The van der Waals surface area contributed by atoms with Gasteiger partial charge in [-0.3, -0.25) is 0 Å². The van der Waals surface area contributed by atoms with E-state index < -0.39 is 0 Å². The summed E-state index contributed by atoms with van der Waals surface area (Å²) in [7, 11) is 0. The minimum absolute atomic E-state index is 0.234. The van der Waals surface area contributed by atoms with Gasteiger partial charge in [-0.1, -0.05) is 54.6 Å². The predicted octanol–water partition coefficient (Wildman–Crippen LogP) is 4.67. The van der Waals surface area contributed by atoms with Gasteiger partial charge in [0.1, 0.15) is 6.61 Å². The molecule has 2 heterocycles. The number of fused-ring (bicyclic) bond motifs is 2. The van der Waals surface area contributed by atoms with Crippen LogP contribution in [0.1, 0.15) is 23.1 Å². The molecule has 0 saturated heterocycles. The number of nitrogens with zero attached hydrogens (tertiary/aromatic N) is 1. The lowest BCUT2D eigenvalue weighted by atomic mass is 10.0. The summed E-state index contributed by atoms with van der Waals surface area (Å²) in [4.78, 5) is 8.25. The molecule has 5 rings (SSSR count). The zero-order valence-electron chi connectivity index (χ0n) is 14.2. The number of para-hydroxylation sites is 3. The van der Waals surface area contributed by atoms with Gasteiger partial charge in [0.15, 0.2) is 23.4 Å². The first-order chi connectivity index (χ1) is 12.9. The quantitative estimate of drug-likeness (QED) is 0.589. The summed E-state index contributed by atoms with van der Waals surface area (Å²) in [6, 6.07) is 24.4. The summed E-state index contributed by atoms with van der Waals surface area (Å²) in [5.74, 6) is 2.34. The molecule has 0 amide bonds. The maximum atomic E-state index is 6.09. The molecule has 1 unspecified atom stereocenters. The van der Waals surface area contributed by atoms with E-state index in [1.807, 2.05) is 30.3 Å². The number of aromatic nitrogens is 2. The number of nitrogens with one attached hydrogen (secondary N) is 1. The van der Waals surface area contributed by atoms with Gasteiger partial charge in [-0.2, -0.15) is 0 Å². The van der Waals surface area contributed by atoms with E-state index in [4.69, 9.17) is 14.5 Å². The largest absolute Gasteiger partial charge is 0.485 e. The van der Waals surface area contributed by atoms with Gasteiger partial charge >= 0.3 is 0 Å². The smallest absolute Gasteiger partial charge is 0.190 e. The highest BCUT2D eigenvalue weighted by Gasteiger charge is 2.25. The normalized spacial score (nSPS) is 15.9. The minimum atomic E-state index is -0.234. The van der Waals surface area contributed by atoms with E-state index in [1.165, 1.54) is 11.1 Å². The Labute approximate surface area is 151 Å². The lowest BCUT2D eigenvalue weighted by Gasteiger charge is -2.24. The van der Waals surface area contributed by atoms with E-state index in [-0.39, 0.29) is 6.10 Å². The summed E-state index contributed by atoms with van der Waals surface area (Å²) in [6.45, 7) is 0.449. The summed E-state index contributed by atoms with van der Waals surface area (Å²) in [5, 5.41) is 0. The minimum Gasteiger partial charge on any atom is -0.485 e. The number of hydrogen-bond donors (Lipinski definition) is 1. The van der Waals surface area contributed by atoms with E-state index >= 15 is 0 Å². The van der Waals surface area contributed by atoms with Crippen molar-refractivity contribution in [2.24, 2.45) is 0 Å². The van der Waals surface area contributed by atoms with Crippen LogP contribution in [0.2, 0.25) is 0 Å². The fourth-order valence-electron chi connectivity index (χ4n) is 3.38. The van der Waals surface area contributed by atoms with Crippen LogP contribution >= 0.6 is 0 Å². The van der Waals surface area contributed by atoms with Gasteiger partial charge in [0.05, 0.1) is 11.0 Å². The van der Waals surface area contributed by atoms with Gasteiger partial charge in [-0.15, -0.1) is 0 Å². The van der Waals surface area contributed by atoms with Crippen molar-refractivity contribution in [1.29, 1.82) is 0 Å². The number of hydrogen-bond acceptors (Lipinski definition) is 3. The van der Waals surface area contributed by atoms with Crippen LogP contribution in [0.3, 0.4) is 0 Å². The number of ether oxygens (including phenoxy) is 2. The highest BCUT2D eigenvalue weighted by Crippen LogP contribution is 2.35. The van der Waals surface area contributed by atoms with E-state index in [9.17, 15) is 0 Å². The number of benzene rings is 3. The van der Waals surface area contributed by atoms with Gasteiger partial charge in [0, 0.05) is 0 Å². The molecule has 0 saturated carbocycles. The van der Waals surface area contributed by atoms with Crippen molar-refractivity contribution in [3.8, 4) is 11.5 Å². The van der Waals surface area contributed by atoms with Crippen molar-refractivity contribution >= 4 is 11.0 Å². The Morgan fingerprint density at radius 3 is 2.58 bits per heavy atom. The van der Waals surface area contributed by atoms with Crippen molar-refractivity contribution in [1.82, 2.24) is 9.97 Å². The average molecular weight is 342 g/mol. The first-order valence-electron chi connectivity index (χ1n) is 8.77. The van der Waals surface area contributed by atoms with Crippen molar-refractivity contribution < 1.29 is 9.47 Å². The summed E-state index contributed by atoms with van der Waals surface area (Å²) in [6.07, 6.45) is 0.620. The van der Waals surface area contributed by atoms with E-state index in [0.29, 0.717) is 6.61 Å². The zero-order chi connectivity index (χ0) is 17.3. The Bertz CT molecular complexity index is 1060. The Balaban J connectivity index is 1.48. The molecule has 1 aliphatic heterocycles. The first-order valence-corrected chi connectivity index (χ1v) is 8.77. The Hall–Kier alpha value is -3.27. The average Bonchev–Trinajstić information content (AvgIpc) is 3.14. The monoisotopic (exact) mass is 342 g/mol. The maximum absolute atomic E-state index is 6.09. The highest BCUT2D eigenvalue weighted by molar-refractivity contribution is 5.79. The fourth-order valence-corrected chi connectivity index (χ4v) is 3.38. The Morgan fingerprint density at radius 1 is 0.885 bits per heavy atom. The molecule has 0 bridgehead atoms. The van der Waals surface area contributed by atoms with E-state index in [0.717, 1.165) is 34.8 Å². The molecule has 1 aromatic heterocycles. The SMILES string of the molecule is c1ccc(Cc2cccc3[nH]c(C4COc5ccccc5O4)nc23)cc1. The molecule has 0 spiro atoms. The van der Waals surface area contributed by atoms with Gasteiger partial charge < -0.3 is 14.5 Å². The zero-order valence-corrected chi connectivity index (χ0v) is 14.2. The van der Waals surface area contributed by atoms with Crippen LogP contribution in [0.5, 0.6) is 11.5 Å². The van der Waals surface area contributed by atoms with Gasteiger partial charge in [0.25, 0.3) is 0 Å². The van der Waals surface area contributed by atoms with Crippen LogP contribution in [-0.2, 0) is 6.42 Å². The van der Waals surface area contributed by atoms with Crippen LogP contribution < -0.4 is 9.47 Å². The predicted molar refractivity (Wildman–Crippen MR) is 101 cm³/mol. The third-order valence-corrected chi connectivity index (χ3v) is 4.67. The summed E-state index contributed by atoms with van der Waals surface area (Å²) >= 11 is 0. The molecule has 4 nitrogen and oxygen atoms in total. The van der Waals surface area contributed by atoms with Crippen molar-refractivity contribution in [2.75, 3.05) is 6.61 Å². The van der Waals surface area contributed by atoms with E-state index in [1.54, 1.807) is 0 Å². The first kappa shape index (κ1) is 15.0. The Kier molecular flexibility index (Phi) is 3.60. The second-order valence-corrected chi connectivity index (χ2v) is 6.46. The molecule has 1 aliphatic rings. The maximum Gasteiger partial charge on any atom is 0.190 e. The topological polar surface area (TPSA) is 47.1 Å². The molecule has 1 N–H and O–H groups in total.